The molecule has 2 saturated carbocycles. The zero-order chi connectivity index (χ0) is 15.2. The van der Waals surface area contributed by atoms with E-state index in [1.54, 1.807) is 0 Å². The molecule has 0 spiro atoms. The maximum atomic E-state index is 10.4. The molecule has 0 amide bonds. The molecule has 0 heterocycles. The summed E-state index contributed by atoms with van der Waals surface area (Å²) in [5.74, 6) is -2.21. The first-order chi connectivity index (χ1) is 9.30. The summed E-state index contributed by atoms with van der Waals surface area (Å²) in [5.41, 5.74) is 0. The van der Waals surface area contributed by atoms with Crippen molar-refractivity contribution in [2.24, 2.45) is 0 Å². The zero-order valence-corrected chi connectivity index (χ0v) is 17.7. The van der Waals surface area contributed by atoms with Gasteiger partial charge in [-0.3, -0.25) is 0 Å². The molecule has 2 rings (SSSR count). The molecule has 0 aromatic heterocycles. The third-order valence-electron chi connectivity index (χ3n) is 4.02. The number of carboxylic acids is 2. The van der Waals surface area contributed by atoms with E-state index < -0.39 is 21.7 Å². The second-order valence-corrected chi connectivity index (χ2v) is 7.07. The summed E-state index contributed by atoms with van der Waals surface area (Å²) in [7, 11) is 0. The van der Waals surface area contributed by atoms with Crippen LogP contribution in [0.3, 0.4) is 0 Å². The van der Waals surface area contributed by atoms with Crippen molar-refractivity contribution in [2.75, 3.05) is 0 Å². The number of carboxylic acid groups (broad SMARTS) is 2. The van der Waals surface area contributed by atoms with E-state index in [1.807, 2.05) is 0 Å². The molecular weight excluding hydrogens is 415 g/mol. The van der Waals surface area contributed by atoms with Gasteiger partial charge in [-0.15, -0.1) is 23.2 Å². The maximum absolute atomic E-state index is 10.4. The van der Waals surface area contributed by atoms with E-state index in [0.29, 0.717) is 25.7 Å². The summed E-state index contributed by atoms with van der Waals surface area (Å²) in [6.07, 6.45) is 8.12. The number of carbonyl (C=O) groups is 2. The first-order valence-corrected chi connectivity index (χ1v) is 7.86. The Morgan fingerprint density at radius 3 is 1.05 bits per heavy atom. The van der Waals surface area contributed by atoms with E-state index in [4.69, 9.17) is 23.2 Å². The van der Waals surface area contributed by atoms with Crippen LogP contribution in [0, 0.1) is 0 Å². The molecule has 4 nitrogen and oxygen atoms in total. The van der Waals surface area contributed by atoms with Gasteiger partial charge in [0.2, 0.25) is 0 Å². The van der Waals surface area contributed by atoms with Gasteiger partial charge in [0.1, 0.15) is 0 Å². The molecule has 2 aliphatic carbocycles. The normalized spacial score (nSPS) is 23.0. The Balaban J connectivity index is 0.000000364. The smallest absolute Gasteiger partial charge is 0.548 e. The molecule has 0 saturated heterocycles. The van der Waals surface area contributed by atoms with Crippen molar-refractivity contribution < 1.29 is 47.1 Å². The third-order valence-corrected chi connectivity index (χ3v) is 5.09. The van der Waals surface area contributed by atoms with Crippen LogP contribution in [0.2, 0.25) is 0 Å². The summed E-state index contributed by atoms with van der Waals surface area (Å²) in [4.78, 5) is 18.8. The maximum Gasteiger partial charge on any atom is 2.00 e. The van der Waals surface area contributed by atoms with E-state index in [-0.39, 0.29) is 27.3 Å². The van der Waals surface area contributed by atoms with Crippen LogP contribution < -0.4 is 10.2 Å². The fraction of sp³-hybridized carbons (Fsp3) is 0.857. The van der Waals surface area contributed by atoms with Crippen molar-refractivity contribution in [1.82, 2.24) is 0 Å². The van der Waals surface area contributed by atoms with E-state index in [0.717, 1.165) is 38.5 Å². The zero-order valence-electron chi connectivity index (χ0n) is 12.2. The Kier molecular flexibility index (Phi) is 9.75. The molecule has 0 radical (unpaired) electrons. The molecule has 0 unspecified atom stereocenters. The van der Waals surface area contributed by atoms with Gasteiger partial charge in [-0.25, -0.2) is 0 Å². The topological polar surface area (TPSA) is 80.3 Å². The SMILES string of the molecule is O=C([O-])C1(Cl)CCCCC1.O=C([O-])C1(Cl)CCCCC1.[Cd+2]. The van der Waals surface area contributed by atoms with E-state index in [2.05, 4.69) is 0 Å². The fourth-order valence-electron chi connectivity index (χ4n) is 2.63. The van der Waals surface area contributed by atoms with Crippen LogP contribution in [0.1, 0.15) is 64.2 Å². The molecule has 21 heavy (non-hydrogen) atoms. The monoisotopic (exact) mass is 436 g/mol. The molecule has 0 aromatic carbocycles. The molecule has 0 atom stereocenters. The van der Waals surface area contributed by atoms with Gasteiger partial charge in [-0.05, 0) is 25.7 Å². The van der Waals surface area contributed by atoms with Crippen LogP contribution in [-0.4, -0.2) is 21.7 Å². The standard InChI is InChI=1S/2C7H11ClO2.Cd/c2*8-7(6(9)10)4-2-1-3-5-7;/h2*1-5H2,(H,9,10);/q;;+2/p-2. The Morgan fingerprint density at radius 2 is 0.905 bits per heavy atom. The Labute approximate surface area is 155 Å². The predicted molar refractivity (Wildman–Crippen MR) is 73.4 cm³/mol. The fourth-order valence-corrected chi connectivity index (χ4v) is 3.17. The second kappa shape index (κ2) is 9.55. The van der Waals surface area contributed by atoms with Crippen LogP contribution in [-0.2, 0) is 36.9 Å². The van der Waals surface area contributed by atoms with Crippen LogP contribution in [0.5, 0.6) is 0 Å². The minimum atomic E-state index is -1.10. The molecule has 2 aliphatic rings. The van der Waals surface area contributed by atoms with Crippen LogP contribution >= 0.6 is 23.2 Å². The molecule has 0 aromatic rings. The summed E-state index contributed by atoms with van der Waals surface area (Å²) in [5, 5.41) is 20.9. The molecule has 116 valence electrons. The number of rotatable bonds is 2. The van der Waals surface area contributed by atoms with Crippen molar-refractivity contribution in [2.45, 2.75) is 74.0 Å². The van der Waals surface area contributed by atoms with Gasteiger partial charge in [0.05, 0.1) is 21.7 Å². The molecule has 2 fully saturated rings. The van der Waals surface area contributed by atoms with E-state index in [9.17, 15) is 19.8 Å². The quantitative estimate of drug-likeness (QED) is 0.484. The first kappa shape index (κ1) is 21.4. The number of carbonyl (C=O) groups excluding carboxylic acids is 2. The third kappa shape index (κ3) is 6.61. The number of halogens is 2. The summed E-state index contributed by atoms with van der Waals surface area (Å²) in [6, 6.07) is 0. The second-order valence-electron chi connectivity index (χ2n) is 5.63. The average Bonchev–Trinajstić information content (AvgIpc) is 2.41. The van der Waals surface area contributed by atoms with Gasteiger partial charge in [-0.1, -0.05) is 38.5 Å². The predicted octanol–water partition coefficient (Wildman–Crippen LogP) is 1.35. The average molecular weight is 436 g/mol. The molecule has 0 N–H and O–H groups in total. The Bertz CT molecular complexity index is 317. The summed E-state index contributed by atoms with van der Waals surface area (Å²) in [6.45, 7) is 0. The van der Waals surface area contributed by atoms with Crippen molar-refractivity contribution in [3.63, 3.8) is 0 Å². The van der Waals surface area contributed by atoms with E-state index in [1.165, 1.54) is 0 Å². The molecule has 0 aliphatic heterocycles. The minimum absolute atomic E-state index is 0. The number of aliphatic carboxylic acids is 2. The van der Waals surface area contributed by atoms with Gasteiger partial charge >= 0.3 is 27.3 Å². The number of hydrogen-bond donors (Lipinski definition) is 0. The number of alkyl halides is 2. The Hall–Kier alpha value is 0.442. The van der Waals surface area contributed by atoms with Crippen molar-refractivity contribution in [3.8, 4) is 0 Å². The molecular formula is C14H20CdCl2O4. The van der Waals surface area contributed by atoms with Crippen LogP contribution in [0.15, 0.2) is 0 Å². The largest absolute Gasteiger partial charge is 2.00 e. The van der Waals surface area contributed by atoms with Crippen molar-refractivity contribution in [1.29, 1.82) is 0 Å². The first-order valence-electron chi connectivity index (χ1n) is 7.11. The van der Waals surface area contributed by atoms with Gasteiger partial charge in [0.25, 0.3) is 0 Å². The van der Waals surface area contributed by atoms with Crippen LogP contribution in [0.25, 0.3) is 0 Å². The van der Waals surface area contributed by atoms with Gasteiger partial charge in [0, 0.05) is 0 Å². The van der Waals surface area contributed by atoms with Crippen LogP contribution in [0.4, 0.5) is 0 Å². The molecule has 0 bridgehead atoms. The van der Waals surface area contributed by atoms with Crippen molar-refractivity contribution in [3.05, 3.63) is 0 Å². The van der Waals surface area contributed by atoms with Gasteiger partial charge < -0.3 is 19.8 Å². The Morgan fingerprint density at radius 1 is 0.667 bits per heavy atom. The van der Waals surface area contributed by atoms with Crippen molar-refractivity contribution >= 4 is 35.1 Å². The number of hydrogen-bond acceptors (Lipinski definition) is 4. The summed E-state index contributed by atoms with van der Waals surface area (Å²) >= 11 is 11.5. The molecule has 7 heteroatoms. The van der Waals surface area contributed by atoms with E-state index >= 15 is 0 Å². The van der Waals surface area contributed by atoms with Gasteiger partial charge in [0.15, 0.2) is 0 Å². The summed E-state index contributed by atoms with van der Waals surface area (Å²) < 4.78 is 0. The minimum Gasteiger partial charge on any atom is -0.548 e. The van der Waals surface area contributed by atoms with Gasteiger partial charge in [-0.2, -0.15) is 0 Å².